The maximum absolute atomic E-state index is 12.7. The van der Waals surface area contributed by atoms with Gasteiger partial charge in [0.1, 0.15) is 6.04 Å². The van der Waals surface area contributed by atoms with Crippen LogP contribution in [0.25, 0.3) is 0 Å². The van der Waals surface area contributed by atoms with Gasteiger partial charge >= 0.3 is 5.97 Å². The fourth-order valence-corrected chi connectivity index (χ4v) is 3.31. The predicted molar refractivity (Wildman–Crippen MR) is 106 cm³/mol. The first-order chi connectivity index (χ1) is 13.9. The molecule has 3 amide bonds. The van der Waals surface area contributed by atoms with Gasteiger partial charge in [-0.25, -0.2) is 4.79 Å². The van der Waals surface area contributed by atoms with Gasteiger partial charge in [0, 0.05) is 12.1 Å². The number of carboxylic acids is 1. The highest BCUT2D eigenvalue weighted by Crippen LogP contribution is 2.24. The summed E-state index contributed by atoms with van der Waals surface area (Å²) in [7, 11) is 0. The van der Waals surface area contributed by atoms with E-state index >= 15 is 0 Å². The maximum Gasteiger partial charge on any atom is 0.326 e. The van der Waals surface area contributed by atoms with Crippen LogP contribution in [0.3, 0.4) is 0 Å². The quantitative estimate of drug-likeness (QED) is 0.670. The van der Waals surface area contributed by atoms with Crippen molar-refractivity contribution >= 4 is 23.7 Å². The highest BCUT2D eigenvalue weighted by Gasteiger charge is 2.35. The summed E-state index contributed by atoms with van der Waals surface area (Å²) in [4.78, 5) is 50.2. The number of carbonyl (C=O) groups excluding carboxylic acids is 3. The molecule has 0 radical (unpaired) electrons. The van der Waals surface area contributed by atoms with Gasteiger partial charge < -0.3 is 10.4 Å². The Morgan fingerprint density at radius 1 is 1.03 bits per heavy atom. The Kier molecular flexibility index (Phi) is 6.07. The molecule has 1 heterocycles. The second-order valence-electron chi connectivity index (χ2n) is 6.91. The van der Waals surface area contributed by atoms with Gasteiger partial charge in [-0.2, -0.15) is 0 Å². The molecule has 1 aliphatic rings. The van der Waals surface area contributed by atoms with Crippen molar-refractivity contribution in [2.24, 2.45) is 0 Å². The van der Waals surface area contributed by atoms with Crippen molar-refractivity contribution < 1.29 is 24.3 Å². The van der Waals surface area contributed by atoms with E-state index in [4.69, 9.17) is 0 Å². The molecule has 7 heteroatoms. The zero-order valence-corrected chi connectivity index (χ0v) is 16.1. The summed E-state index contributed by atoms with van der Waals surface area (Å²) in [5.41, 5.74) is 1.58. The van der Waals surface area contributed by atoms with E-state index < -0.39 is 23.8 Å². The predicted octanol–water partition coefficient (Wildman–Crippen LogP) is 2.51. The summed E-state index contributed by atoms with van der Waals surface area (Å²) >= 11 is 0. The minimum absolute atomic E-state index is 0.150. The van der Waals surface area contributed by atoms with Crippen LogP contribution in [0.2, 0.25) is 0 Å². The van der Waals surface area contributed by atoms with Crippen LogP contribution in [0.1, 0.15) is 56.4 Å². The van der Waals surface area contributed by atoms with Crippen LogP contribution >= 0.6 is 0 Å². The standard InChI is InChI=1S/C22H22N2O5/c1-2-6-18(22(28)29)23-19(25)15-9-10-16-17(13-15)21(27)24(20(16)26)12-11-14-7-4-3-5-8-14/h3-5,7-10,13,18H,2,6,11-12H2,1H3,(H,23,25)(H,28,29). The Morgan fingerprint density at radius 2 is 1.72 bits per heavy atom. The summed E-state index contributed by atoms with van der Waals surface area (Å²) < 4.78 is 0. The molecule has 0 aliphatic carbocycles. The zero-order chi connectivity index (χ0) is 21.0. The first-order valence-corrected chi connectivity index (χ1v) is 9.50. The minimum atomic E-state index is -1.11. The average Bonchev–Trinajstić information content (AvgIpc) is 2.96. The van der Waals surface area contributed by atoms with E-state index in [2.05, 4.69) is 5.32 Å². The van der Waals surface area contributed by atoms with E-state index in [1.54, 1.807) is 0 Å². The van der Waals surface area contributed by atoms with Gasteiger partial charge in [-0.05, 0) is 36.6 Å². The molecule has 0 spiro atoms. The van der Waals surface area contributed by atoms with Crippen LogP contribution in [0.4, 0.5) is 0 Å². The number of nitrogens with zero attached hydrogens (tertiary/aromatic N) is 1. The first-order valence-electron chi connectivity index (χ1n) is 9.50. The molecule has 1 unspecified atom stereocenters. The maximum atomic E-state index is 12.7. The number of benzene rings is 2. The third-order valence-corrected chi connectivity index (χ3v) is 4.88. The SMILES string of the molecule is CCCC(NC(=O)c1ccc2c(c1)C(=O)N(CCc1ccccc1)C2=O)C(=O)O. The number of amides is 3. The molecule has 2 aromatic carbocycles. The molecule has 0 bridgehead atoms. The number of hydrogen-bond acceptors (Lipinski definition) is 4. The van der Waals surface area contributed by atoms with Crippen molar-refractivity contribution in [2.45, 2.75) is 32.2 Å². The molecule has 2 aromatic rings. The molecule has 0 fully saturated rings. The van der Waals surface area contributed by atoms with Gasteiger partial charge in [-0.15, -0.1) is 0 Å². The number of imide groups is 1. The van der Waals surface area contributed by atoms with Crippen molar-refractivity contribution in [1.82, 2.24) is 10.2 Å². The number of carbonyl (C=O) groups is 4. The number of fused-ring (bicyclic) bond motifs is 1. The summed E-state index contributed by atoms with van der Waals surface area (Å²) in [5.74, 6) is -2.53. The topological polar surface area (TPSA) is 104 Å². The molecule has 0 aromatic heterocycles. The highest BCUT2D eigenvalue weighted by atomic mass is 16.4. The minimum Gasteiger partial charge on any atom is -0.480 e. The third kappa shape index (κ3) is 4.34. The van der Waals surface area contributed by atoms with Crippen LogP contribution in [0.15, 0.2) is 48.5 Å². The molecule has 0 saturated carbocycles. The van der Waals surface area contributed by atoms with E-state index in [0.717, 1.165) is 5.56 Å². The number of carboxylic acid groups (broad SMARTS) is 1. The van der Waals surface area contributed by atoms with Gasteiger partial charge in [0.25, 0.3) is 17.7 Å². The summed E-state index contributed by atoms with van der Waals surface area (Å²) in [5, 5.41) is 11.7. The third-order valence-electron chi connectivity index (χ3n) is 4.88. The van der Waals surface area contributed by atoms with Gasteiger partial charge in [-0.3, -0.25) is 19.3 Å². The molecular weight excluding hydrogens is 372 g/mol. The van der Waals surface area contributed by atoms with Crippen LogP contribution in [-0.4, -0.2) is 46.3 Å². The molecule has 29 heavy (non-hydrogen) atoms. The van der Waals surface area contributed by atoms with Gasteiger partial charge in [-0.1, -0.05) is 43.7 Å². The summed E-state index contributed by atoms with van der Waals surface area (Å²) in [6.45, 7) is 2.07. The Hall–Kier alpha value is -3.48. The lowest BCUT2D eigenvalue weighted by Gasteiger charge is -2.14. The van der Waals surface area contributed by atoms with Crippen molar-refractivity contribution in [3.8, 4) is 0 Å². The molecule has 0 saturated heterocycles. The monoisotopic (exact) mass is 394 g/mol. The lowest BCUT2D eigenvalue weighted by molar-refractivity contribution is -0.139. The van der Waals surface area contributed by atoms with E-state index in [-0.39, 0.29) is 29.1 Å². The fraction of sp³-hybridized carbons (Fsp3) is 0.273. The summed E-state index contributed by atoms with van der Waals surface area (Å²) in [6, 6.07) is 12.8. The van der Waals surface area contributed by atoms with Crippen molar-refractivity contribution in [3.63, 3.8) is 0 Å². The first kappa shape index (κ1) is 20.3. The Balaban J connectivity index is 1.74. The Labute approximate surface area is 168 Å². The molecule has 2 N–H and O–H groups in total. The summed E-state index contributed by atoms with van der Waals surface area (Å²) in [6.07, 6.45) is 1.44. The lowest BCUT2D eigenvalue weighted by atomic mass is 10.0. The number of hydrogen-bond donors (Lipinski definition) is 2. The molecular formula is C22H22N2O5. The van der Waals surface area contributed by atoms with E-state index in [1.165, 1.54) is 23.1 Å². The fourth-order valence-electron chi connectivity index (χ4n) is 3.31. The van der Waals surface area contributed by atoms with Crippen molar-refractivity contribution in [1.29, 1.82) is 0 Å². The second kappa shape index (κ2) is 8.68. The normalized spacial score (nSPS) is 13.9. The molecule has 3 rings (SSSR count). The molecule has 1 aliphatic heterocycles. The zero-order valence-electron chi connectivity index (χ0n) is 16.1. The number of aliphatic carboxylic acids is 1. The van der Waals surface area contributed by atoms with Gasteiger partial charge in [0.2, 0.25) is 0 Å². The van der Waals surface area contributed by atoms with E-state index in [0.29, 0.717) is 19.3 Å². The van der Waals surface area contributed by atoms with Crippen LogP contribution in [0, 0.1) is 0 Å². The van der Waals surface area contributed by atoms with Crippen LogP contribution in [-0.2, 0) is 11.2 Å². The number of rotatable bonds is 8. The molecule has 1 atom stereocenters. The van der Waals surface area contributed by atoms with Crippen LogP contribution < -0.4 is 5.32 Å². The van der Waals surface area contributed by atoms with Crippen molar-refractivity contribution in [3.05, 3.63) is 70.8 Å². The van der Waals surface area contributed by atoms with E-state index in [9.17, 15) is 24.3 Å². The van der Waals surface area contributed by atoms with Crippen molar-refractivity contribution in [2.75, 3.05) is 6.54 Å². The molecule has 7 nitrogen and oxygen atoms in total. The van der Waals surface area contributed by atoms with Gasteiger partial charge in [0.05, 0.1) is 11.1 Å². The highest BCUT2D eigenvalue weighted by molar-refractivity contribution is 6.22. The smallest absolute Gasteiger partial charge is 0.326 e. The number of nitrogens with one attached hydrogen (secondary N) is 1. The average molecular weight is 394 g/mol. The molecule has 150 valence electrons. The van der Waals surface area contributed by atoms with Crippen LogP contribution in [0.5, 0.6) is 0 Å². The van der Waals surface area contributed by atoms with E-state index in [1.807, 2.05) is 37.3 Å². The Morgan fingerprint density at radius 3 is 2.38 bits per heavy atom. The Bertz CT molecular complexity index is 955. The van der Waals surface area contributed by atoms with Gasteiger partial charge in [0.15, 0.2) is 0 Å². The largest absolute Gasteiger partial charge is 0.480 e. The lowest BCUT2D eigenvalue weighted by Crippen LogP contribution is -2.40. The second-order valence-corrected chi connectivity index (χ2v) is 6.91.